The van der Waals surface area contributed by atoms with Crippen LogP contribution in [0.15, 0.2) is 18.2 Å². The van der Waals surface area contributed by atoms with Gasteiger partial charge in [-0.05, 0) is 30.5 Å². The molecule has 23 heavy (non-hydrogen) atoms. The van der Waals surface area contributed by atoms with Gasteiger partial charge in [0.2, 0.25) is 5.91 Å². The van der Waals surface area contributed by atoms with Crippen molar-refractivity contribution in [2.75, 3.05) is 26.5 Å². The maximum atomic E-state index is 12.9. The highest BCUT2D eigenvalue weighted by Crippen LogP contribution is 2.42. The zero-order chi connectivity index (χ0) is 16.2. The first-order chi connectivity index (χ1) is 11.2. The second-order valence-electron chi connectivity index (χ2n) is 6.24. The van der Waals surface area contributed by atoms with E-state index in [0.717, 1.165) is 42.2 Å². The molecule has 4 nitrogen and oxygen atoms in total. The highest BCUT2D eigenvalue weighted by molar-refractivity contribution is 7.99. The molecular formula is C18H25NO3S. The molecule has 1 heterocycles. The first kappa shape index (κ1) is 16.5. The van der Waals surface area contributed by atoms with Crippen molar-refractivity contribution in [2.45, 2.75) is 37.5 Å². The number of amides is 1. The number of rotatable bonds is 4. The summed E-state index contributed by atoms with van der Waals surface area (Å²) in [6, 6.07) is 5.91. The Morgan fingerprint density at radius 1 is 1.09 bits per heavy atom. The molecular weight excluding hydrogens is 310 g/mol. The van der Waals surface area contributed by atoms with E-state index in [4.69, 9.17) is 9.47 Å². The molecule has 1 aromatic rings. The summed E-state index contributed by atoms with van der Waals surface area (Å²) in [5.41, 5.74) is 1.09. The summed E-state index contributed by atoms with van der Waals surface area (Å²) in [5.74, 6) is 3.09. The smallest absolute Gasteiger partial charge is 0.226 e. The van der Waals surface area contributed by atoms with Gasteiger partial charge in [-0.2, -0.15) is 0 Å². The second kappa shape index (κ2) is 7.47. The molecule has 0 spiro atoms. The average Bonchev–Trinajstić information content (AvgIpc) is 3.11. The highest BCUT2D eigenvalue weighted by atomic mass is 32.2. The van der Waals surface area contributed by atoms with Crippen molar-refractivity contribution in [1.29, 1.82) is 0 Å². The zero-order valence-electron chi connectivity index (χ0n) is 13.9. The van der Waals surface area contributed by atoms with Crippen LogP contribution in [-0.4, -0.2) is 37.3 Å². The van der Waals surface area contributed by atoms with Crippen molar-refractivity contribution in [3.05, 3.63) is 23.8 Å². The van der Waals surface area contributed by atoms with Gasteiger partial charge < -0.3 is 14.4 Å². The Morgan fingerprint density at radius 3 is 2.35 bits per heavy atom. The minimum atomic E-state index is 0.0772. The predicted octanol–water partition coefficient (Wildman–Crippen LogP) is 3.86. The fourth-order valence-electron chi connectivity index (χ4n) is 3.53. The second-order valence-corrected chi connectivity index (χ2v) is 7.42. The van der Waals surface area contributed by atoms with Gasteiger partial charge in [0.15, 0.2) is 0 Å². The Morgan fingerprint density at radius 2 is 1.74 bits per heavy atom. The van der Waals surface area contributed by atoms with E-state index in [9.17, 15) is 4.79 Å². The molecule has 1 aliphatic heterocycles. The van der Waals surface area contributed by atoms with Crippen molar-refractivity contribution >= 4 is 17.7 Å². The molecule has 1 aliphatic carbocycles. The van der Waals surface area contributed by atoms with Crippen LogP contribution in [0.4, 0.5) is 0 Å². The van der Waals surface area contributed by atoms with Gasteiger partial charge in [-0.3, -0.25) is 4.79 Å². The Kier molecular flexibility index (Phi) is 5.36. The number of nitrogens with zero attached hydrogens (tertiary/aromatic N) is 1. The molecule has 1 atom stereocenters. The molecule has 1 aromatic carbocycles. The molecule has 126 valence electrons. The molecule has 0 bridgehead atoms. The lowest BCUT2D eigenvalue weighted by atomic mass is 9.88. The first-order valence-electron chi connectivity index (χ1n) is 8.38. The number of methoxy groups -OCH3 is 2. The average molecular weight is 335 g/mol. The molecule has 0 radical (unpaired) electrons. The number of carbonyl (C=O) groups excluding carboxylic acids is 1. The lowest BCUT2D eigenvalue weighted by Gasteiger charge is -2.30. The summed E-state index contributed by atoms with van der Waals surface area (Å²) >= 11 is 1.83. The number of carbonyl (C=O) groups is 1. The van der Waals surface area contributed by atoms with E-state index in [1.165, 1.54) is 19.3 Å². The molecule has 5 heteroatoms. The molecule has 1 amide bonds. The van der Waals surface area contributed by atoms with Crippen LogP contribution in [0.3, 0.4) is 0 Å². The molecule has 2 aliphatic rings. The van der Waals surface area contributed by atoms with Gasteiger partial charge >= 0.3 is 0 Å². The summed E-state index contributed by atoms with van der Waals surface area (Å²) in [5, 5.41) is 0.0772. The SMILES string of the molecule is COc1cc(OC)cc([C@@H]2SCCN2C(=O)C2CCCCC2)c1. The standard InChI is InChI=1S/C18H25NO3S/c1-21-15-10-14(11-16(12-15)22-2)18-19(8-9-23-18)17(20)13-6-4-3-5-7-13/h10-13,18H,3-9H2,1-2H3/t18-/m0/s1. The number of hydrogen-bond donors (Lipinski definition) is 0. The maximum Gasteiger partial charge on any atom is 0.226 e. The van der Waals surface area contributed by atoms with E-state index < -0.39 is 0 Å². The van der Waals surface area contributed by atoms with Crippen molar-refractivity contribution in [3.63, 3.8) is 0 Å². The number of thioether (sulfide) groups is 1. The van der Waals surface area contributed by atoms with Crippen LogP contribution in [-0.2, 0) is 4.79 Å². The molecule has 3 rings (SSSR count). The molecule has 1 saturated carbocycles. The van der Waals surface area contributed by atoms with Crippen LogP contribution in [0.25, 0.3) is 0 Å². The largest absolute Gasteiger partial charge is 0.497 e. The monoisotopic (exact) mass is 335 g/mol. The van der Waals surface area contributed by atoms with Crippen LogP contribution < -0.4 is 9.47 Å². The van der Waals surface area contributed by atoms with E-state index >= 15 is 0 Å². The zero-order valence-corrected chi connectivity index (χ0v) is 14.7. The summed E-state index contributed by atoms with van der Waals surface area (Å²) in [7, 11) is 3.32. The number of hydrogen-bond acceptors (Lipinski definition) is 4. The van der Waals surface area contributed by atoms with E-state index in [1.54, 1.807) is 14.2 Å². The number of benzene rings is 1. The van der Waals surface area contributed by atoms with E-state index in [0.29, 0.717) is 5.91 Å². The summed E-state index contributed by atoms with van der Waals surface area (Å²) in [6.45, 7) is 0.837. The van der Waals surface area contributed by atoms with Crippen molar-refractivity contribution in [3.8, 4) is 11.5 Å². The topological polar surface area (TPSA) is 38.8 Å². The molecule has 1 saturated heterocycles. The van der Waals surface area contributed by atoms with Crippen molar-refractivity contribution < 1.29 is 14.3 Å². The van der Waals surface area contributed by atoms with Crippen molar-refractivity contribution in [1.82, 2.24) is 4.90 Å². The normalized spacial score (nSPS) is 22.2. The molecule has 0 aromatic heterocycles. The van der Waals surface area contributed by atoms with Gasteiger partial charge in [0.25, 0.3) is 0 Å². The molecule has 2 fully saturated rings. The minimum Gasteiger partial charge on any atom is -0.497 e. The Hall–Kier alpha value is -1.36. The van der Waals surface area contributed by atoms with Crippen molar-refractivity contribution in [2.24, 2.45) is 5.92 Å². The maximum absolute atomic E-state index is 12.9. The first-order valence-corrected chi connectivity index (χ1v) is 9.43. The van der Waals surface area contributed by atoms with Gasteiger partial charge in [-0.15, -0.1) is 11.8 Å². The number of ether oxygens (including phenoxy) is 2. The van der Waals surface area contributed by atoms with Gasteiger partial charge in [-0.25, -0.2) is 0 Å². The third-order valence-corrected chi connectivity index (χ3v) is 6.05. The Bertz CT molecular complexity index is 535. The quantitative estimate of drug-likeness (QED) is 0.837. The lowest BCUT2D eigenvalue weighted by Crippen LogP contribution is -2.36. The predicted molar refractivity (Wildman–Crippen MR) is 93.0 cm³/mol. The third kappa shape index (κ3) is 3.60. The molecule has 0 N–H and O–H groups in total. The summed E-state index contributed by atoms with van der Waals surface area (Å²) < 4.78 is 10.8. The van der Waals surface area contributed by atoms with E-state index in [2.05, 4.69) is 4.90 Å². The van der Waals surface area contributed by atoms with Gasteiger partial charge in [0, 0.05) is 24.3 Å². The fourth-order valence-corrected chi connectivity index (χ4v) is 4.77. The summed E-state index contributed by atoms with van der Waals surface area (Å²) in [4.78, 5) is 15.0. The Labute approximate surface area is 142 Å². The lowest BCUT2D eigenvalue weighted by molar-refractivity contribution is -0.136. The Balaban J connectivity index is 1.82. The van der Waals surface area contributed by atoms with E-state index in [1.807, 2.05) is 30.0 Å². The van der Waals surface area contributed by atoms with Crippen LogP contribution in [0, 0.1) is 5.92 Å². The van der Waals surface area contributed by atoms with Crippen LogP contribution >= 0.6 is 11.8 Å². The fraction of sp³-hybridized carbons (Fsp3) is 0.611. The van der Waals surface area contributed by atoms with Gasteiger partial charge in [-0.1, -0.05) is 19.3 Å². The van der Waals surface area contributed by atoms with Crippen LogP contribution in [0.1, 0.15) is 43.0 Å². The van der Waals surface area contributed by atoms with Crippen LogP contribution in [0.2, 0.25) is 0 Å². The van der Waals surface area contributed by atoms with Gasteiger partial charge in [0.1, 0.15) is 16.9 Å². The highest BCUT2D eigenvalue weighted by Gasteiger charge is 2.35. The van der Waals surface area contributed by atoms with E-state index in [-0.39, 0.29) is 11.3 Å². The minimum absolute atomic E-state index is 0.0772. The third-order valence-electron chi connectivity index (χ3n) is 4.79. The summed E-state index contributed by atoms with van der Waals surface area (Å²) in [6.07, 6.45) is 5.75. The molecule has 0 unspecified atom stereocenters. The van der Waals surface area contributed by atoms with Gasteiger partial charge in [0.05, 0.1) is 14.2 Å². The van der Waals surface area contributed by atoms with Crippen LogP contribution in [0.5, 0.6) is 11.5 Å².